The van der Waals surface area contributed by atoms with Crippen molar-refractivity contribution in [2.24, 2.45) is 0 Å². The van der Waals surface area contributed by atoms with Crippen LogP contribution in [0.5, 0.6) is 5.75 Å². The van der Waals surface area contributed by atoms with Gasteiger partial charge in [0.15, 0.2) is 5.11 Å². The molecule has 2 amide bonds. The molecule has 1 heterocycles. The van der Waals surface area contributed by atoms with Gasteiger partial charge in [-0.3, -0.25) is 15.3 Å². The lowest BCUT2D eigenvalue weighted by Gasteiger charge is -2.22. The molecule has 12 heteroatoms. The number of hydrogen-bond donors (Lipinski definition) is 4. The highest BCUT2D eigenvalue weighted by Gasteiger charge is 2.31. The summed E-state index contributed by atoms with van der Waals surface area (Å²) in [5, 5.41) is 12.1. The predicted molar refractivity (Wildman–Crippen MR) is 166 cm³/mol. The molecule has 0 saturated carbocycles. The number of benzene rings is 3. The van der Waals surface area contributed by atoms with Gasteiger partial charge in [-0.05, 0) is 90.8 Å². The lowest BCUT2D eigenvalue weighted by atomic mass is 9.99. The zero-order valence-electron chi connectivity index (χ0n) is 23.8. The zero-order chi connectivity index (χ0) is 31.0. The van der Waals surface area contributed by atoms with Crippen LogP contribution in [0, 0.1) is 18.8 Å². The lowest BCUT2D eigenvalue weighted by molar-refractivity contribution is -0.274. The normalized spacial score (nSPS) is 12.5. The van der Waals surface area contributed by atoms with Crippen LogP contribution >= 0.6 is 12.2 Å². The first-order chi connectivity index (χ1) is 20.5. The number of rotatable bonds is 7. The summed E-state index contributed by atoms with van der Waals surface area (Å²) in [7, 11) is 0. The van der Waals surface area contributed by atoms with Gasteiger partial charge in [0.1, 0.15) is 5.75 Å². The van der Waals surface area contributed by atoms with Gasteiger partial charge in [0.25, 0.3) is 0 Å². The summed E-state index contributed by atoms with van der Waals surface area (Å²) in [6, 6.07) is 18.7. The van der Waals surface area contributed by atoms with E-state index in [1.807, 2.05) is 43.3 Å². The van der Waals surface area contributed by atoms with Crippen LogP contribution in [0.4, 0.5) is 35.0 Å². The number of anilines is 3. The number of urea groups is 1. The molecule has 0 spiro atoms. The maximum atomic E-state index is 12.4. The minimum atomic E-state index is -4.74. The van der Waals surface area contributed by atoms with Crippen LogP contribution in [-0.2, 0) is 0 Å². The minimum Gasteiger partial charge on any atom is -0.406 e. The highest BCUT2D eigenvalue weighted by atomic mass is 32.1. The quantitative estimate of drug-likeness (QED) is 0.136. The first-order valence-electron chi connectivity index (χ1n) is 13.4. The Morgan fingerprint density at radius 3 is 2.23 bits per heavy atom. The molecule has 4 rings (SSSR count). The fraction of sp³-hybridized carbons (Fsp3) is 0.226. The summed E-state index contributed by atoms with van der Waals surface area (Å²) in [6.45, 7) is 6.54. The highest BCUT2D eigenvalue weighted by Crippen LogP contribution is 2.27. The van der Waals surface area contributed by atoms with Gasteiger partial charge in [0.2, 0.25) is 0 Å². The number of nitrogens with one attached hydrogen (secondary N) is 4. The van der Waals surface area contributed by atoms with Crippen LogP contribution in [0.25, 0.3) is 0 Å². The van der Waals surface area contributed by atoms with E-state index < -0.39 is 12.4 Å². The third-order valence-electron chi connectivity index (χ3n) is 6.15. The standard InChI is InChI=1S/C31H31F3N6O2S/c1-21(2)27-16-7-22(3)20-28(27)36-30(43)37-29(41)35-17-5-4-6-23-8-10-24(11-9-23)39-18-19-40(38-39)25-12-14-26(15-13-25)42-31(32,33)34/h7-16,18-21,38H,5,17H2,1-3H3,(H3,35,36,37,41,43). The van der Waals surface area contributed by atoms with Gasteiger partial charge >= 0.3 is 12.4 Å². The second-order valence-electron chi connectivity index (χ2n) is 9.86. The van der Waals surface area contributed by atoms with Gasteiger partial charge < -0.3 is 15.4 Å². The second kappa shape index (κ2) is 14.0. The van der Waals surface area contributed by atoms with Crippen molar-refractivity contribution in [3.8, 4) is 17.6 Å². The van der Waals surface area contributed by atoms with Crippen LogP contribution in [0.15, 0.2) is 79.1 Å². The van der Waals surface area contributed by atoms with Crippen molar-refractivity contribution in [3.05, 3.63) is 95.8 Å². The summed E-state index contributed by atoms with van der Waals surface area (Å²) in [5.74, 6) is 6.12. The van der Waals surface area contributed by atoms with E-state index in [0.717, 1.165) is 28.1 Å². The topological polar surface area (TPSA) is 80.9 Å². The van der Waals surface area contributed by atoms with Gasteiger partial charge in [0.05, 0.1) is 11.4 Å². The number of hydrogen-bond acceptors (Lipinski definition) is 6. The molecule has 1 aliphatic rings. The van der Waals surface area contributed by atoms with E-state index in [2.05, 4.69) is 58.0 Å². The Morgan fingerprint density at radius 1 is 1.00 bits per heavy atom. The van der Waals surface area contributed by atoms with Crippen LogP contribution in [0.3, 0.4) is 0 Å². The summed E-state index contributed by atoms with van der Waals surface area (Å²) in [4.78, 5) is 12.2. The van der Waals surface area contributed by atoms with Gasteiger partial charge in [-0.1, -0.05) is 37.8 Å². The Morgan fingerprint density at radius 2 is 1.63 bits per heavy atom. The van der Waals surface area contributed by atoms with E-state index >= 15 is 0 Å². The molecule has 0 fully saturated rings. The zero-order valence-corrected chi connectivity index (χ0v) is 24.6. The first kappa shape index (κ1) is 31.2. The molecular weight excluding hydrogens is 577 g/mol. The SMILES string of the molecule is Cc1ccc(C(C)C)c(NC(=S)NC(=O)NCCC#Cc2ccc(N3C=CN(c4ccc(OC(F)(F)F)cc4)N3)cc2)c1. The number of nitrogens with zero attached hydrogens (tertiary/aromatic N) is 2. The molecule has 0 radical (unpaired) electrons. The highest BCUT2D eigenvalue weighted by molar-refractivity contribution is 7.80. The van der Waals surface area contributed by atoms with E-state index in [1.54, 1.807) is 22.4 Å². The van der Waals surface area contributed by atoms with Crippen LogP contribution in [0.1, 0.15) is 42.9 Å². The van der Waals surface area contributed by atoms with E-state index in [4.69, 9.17) is 12.2 Å². The number of ether oxygens (including phenoxy) is 1. The van der Waals surface area contributed by atoms with Crippen molar-refractivity contribution in [1.82, 2.24) is 16.2 Å². The number of amides is 2. The molecular formula is C31H31F3N6O2S. The van der Waals surface area contributed by atoms with Crippen molar-refractivity contribution in [1.29, 1.82) is 0 Å². The number of carbonyl (C=O) groups excluding carboxylic acids is 1. The van der Waals surface area contributed by atoms with E-state index in [1.165, 1.54) is 24.3 Å². The summed E-state index contributed by atoms with van der Waals surface area (Å²) >= 11 is 5.30. The Bertz CT molecular complexity index is 1530. The average Bonchev–Trinajstić information content (AvgIpc) is 3.43. The van der Waals surface area contributed by atoms with Crippen molar-refractivity contribution in [2.45, 2.75) is 39.5 Å². The Labute approximate surface area is 253 Å². The molecule has 3 aromatic rings. The van der Waals surface area contributed by atoms with Gasteiger partial charge in [-0.15, -0.1) is 18.7 Å². The van der Waals surface area contributed by atoms with E-state index in [9.17, 15) is 18.0 Å². The Balaban J connectivity index is 1.19. The third-order valence-corrected chi connectivity index (χ3v) is 6.35. The number of carbonyl (C=O) groups is 1. The molecule has 1 aliphatic heterocycles. The smallest absolute Gasteiger partial charge is 0.406 e. The summed E-state index contributed by atoms with van der Waals surface area (Å²) in [5.41, 5.74) is 8.45. The van der Waals surface area contributed by atoms with Crippen molar-refractivity contribution < 1.29 is 22.7 Å². The molecule has 0 saturated heterocycles. The van der Waals surface area contributed by atoms with Crippen molar-refractivity contribution >= 4 is 40.4 Å². The molecule has 0 bridgehead atoms. The molecule has 8 nitrogen and oxygen atoms in total. The number of aryl methyl sites for hydroxylation is 1. The number of thiocarbonyl (C=S) groups is 1. The lowest BCUT2D eigenvalue weighted by Crippen LogP contribution is -2.42. The molecule has 0 atom stereocenters. The third kappa shape index (κ3) is 9.39. The molecule has 0 aliphatic carbocycles. The molecule has 224 valence electrons. The molecule has 3 aromatic carbocycles. The summed E-state index contributed by atoms with van der Waals surface area (Å²) < 4.78 is 41.0. The van der Waals surface area contributed by atoms with Gasteiger partial charge in [-0.2, -0.15) is 0 Å². The first-order valence-corrected chi connectivity index (χ1v) is 13.8. The van der Waals surface area contributed by atoms with Crippen LogP contribution in [0.2, 0.25) is 0 Å². The number of halogens is 3. The monoisotopic (exact) mass is 608 g/mol. The maximum absolute atomic E-state index is 12.4. The van der Waals surface area contributed by atoms with Gasteiger partial charge in [-0.25, -0.2) is 4.79 Å². The van der Waals surface area contributed by atoms with Crippen LogP contribution < -0.4 is 36.2 Å². The largest absolute Gasteiger partial charge is 0.573 e. The van der Waals surface area contributed by atoms with Crippen molar-refractivity contribution in [3.63, 3.8) is 0 Å². The second-order valence-corrected chi connectivity index (χ2v) is 10.3. The maximum Gasteiger partial charge on any atom is 0.573 e. The Hall–Kier alpha value is -4.73. The molecule has 4 N–H and O–H groups in total. The van der Waals surface area contributed by atoms with Gasteiger partial charge in [0, 0.05) is 36.6 Å². The number of alkyl halides is 3. The average molecular weight is 609 g/mol. The Kier molecular flexibility index (Phi) is 10.1. The molecule has 0 unspecified atom stereocenters. The minimum absolute atomic E-state index is 0.218. The predicted octanol–water partition coefficient (Wildman–Crippen LogP) is 6.67. The molecule has 43 heavy (non-hydrogen) atoms. The van der Waals surface area contributed by atoms with E-state index in [0.29, 0.717) is 24.6 Å². The number of hydrazine groups is 2. The molecule has 0 aromatic heterocycles. The summed E-state index contributed by atoms with van der Waals surface area (Å²) in [6.07, 6.45) is -0.766. The fourth-order valence-corrected chi connectivity index (χ4v) is 4.31. The van der Waals surface area contributed by atoms with E-state index in [-0.39, 0.29) is 10.9 Å². The van der Waals surface area contributed by atoms with Crippen LogP contribution in [-0.4, -0.2) is 24.1 Å². The fourth-order valence-electron chi connectivity index (χ4n) is 4.10. The van der Waals surface area contributed by atoms with Crippen molar-refractivity contribution in [2.75, 3.05) is 21.9 Å².